The molecular weight excluding hydrogens is 258 g/mol. The Bertz CT molecular complexity index is 443. The second-order valence-corrected chi connectivity index (χ2v) is 6.83. The van der Waals surface area contributed by atoms with Crippen molar-refractivity contribution >= 4 is 6.21 Å². The molecular formula is C19H31NO. The van der Waals surface area contributed by atoms with Crippen molar-refractivity contribution in [3.05, 3.63) is 29.3 Å². The van der Waals surface area contributed by atoms with Gasteiger partial charge in [-0.3, -0.25) is 4.99 Å². The zero-order valence-corrected chi connectivity index (χ0v) is 14.2. The zero-order valence-electron chi connectivity index (χ0n) is 14.2. The van der Waals surface area contributed by atoms with Crippen LogP contribution >= 0.6 is 0 Å². The highest BCUT2D eigenvalue weighted by molar-refractivity contribution is 5.83. The van der Waals surface area contributed by atoms with Crippen molar-refractivity contribution in [2.45, 2.75) is 71.6 Å². The number of phenolic OH excluding ortho intramolecular Hbond substituents is 1. The normalized spacial score (nSPS) is 12.2. The Morgan fingerprint density at radius 2 is 1.71 bits per heavy atom. The van der Waals surface area contributed by atoms with E-state index in [9.17, 15) is 5.11 Å². The van der Waals surface area contributed by atoms with Gasteiger partial charge in [0.2, 0.25) is 0 Å². The van der Waals surface area contributed by atoms with E-state index in [1.807, 2.05) is 18.3 Å². The SMILES string of the molecule is CCCCCCCC/N=C/c1cc(C(C)(C)C)ccc1O. The first-order valence-electron chi connectivity index (χ1n) is 8.28. The topological polar surface area (TPSA) is 32.6 Å². The fraction of sp³-hybridized carbons (Fsp3) is 0.632. The Hall–Kier alpha value is -1.31. The van der Waals surface area contributed by atoms with Crippen LogP contribution in [-0.2, 0) is 5.41 Å². The van der Waals surface area contributed by atoms with Gasteiger partial charge in [-0.25, -0.2) is 0 Å². The molecule has 2 nitrogen and oxygen atoms in total. The van der Waals surface area contributed by atoms with E-state index in [2.05, 4.69) is 32.7 Å². The van der Waals surface area contributed by atoms with Crippen LogP contribution in [0.3, 0.4) is 0 Å². The molecule has 0 aliphatic rings. The number of rotatable bonds is 8. The van der Waals surface area contributed by atoms with Crippen LogP contribution < -0.4 is 0 Å². The predicted octanol–water partition coefficient (Wildman–Crippen LogP) is 5.47. The molecule has 2 heteroatoms. The molecule has 0 amide bonds. The third-order valence-electron chi connectivity index (χ3n) is 3.76. The minimum Gasteiger partial charge on any atom is -0.507 e. The molecule has 118 valence electrons. The van der Waals surface area contributed by atoms with Crippen molar-refractivity contribution in [1.82, 2.24) is 0 Å². The smallest absolute Gasteiger partial charge is 0.124 e. The molecule has 0 spiro atoms. The molecule has 1 rings (SSSR count). The van der Waals surface area contributed by atoms with Gasteiger partial charge >= 0.3 is 0 Å². The number of nitrogens with zero attached hydrogens (tertiary/aromatic N) is 1. The minimum atomic E-state index is 0.0928. The molecule has 0 atom stereocenters. The zero-order chi connectivity index (χ0) is 15.7. The maximum absolute atomic E-state index is 9.91. The van der Waals surface area contributed by atoms with Crippen LogP contribution in [0.5, 0.6) is 5.75 Å². The lowest BCUT2D eigenvalue weighted by Crippen LogP contribution is -2.11. The average molecular weight is 289 g/mol. The van der Waals surface area contributed by atoms with Crippen LogP contribution in [0.15, 0.2) is 23.2 Å². The van der Waals surface area contributed by atoms with Crippen molar-refractivity contribution in [3.8, 4) is 5.75 Å². The standard InChI is InChI=1S/C19H31NO/c1-5-6-7-8-9-10-13-20-15-16-14-17(19(2,3)4)11-12-18(16)21/h11-12,14-15,21H,5-10,13H2,1-4H3/b20-15+. The van der Waals surface area contributed by atoms with Gasteiger partial charge in [0, 0.05) is 18.3 Å². The van der Waals surface area contributed by atoms with Gasteiger partial charge in [0.15, 0.2) is 0 Å². The molecule has 0 radical (unpaired) electrons. The summed E-state index contributed by atoms with van der Waals surface area (Å²) in [5.74, 6) is 0.315. The van der Waals surface area contributed by atoms with Gasteiger partial charge in [-0.15, -0.1) is 0 Å². The highest BCUT2D eigenvalue weighted by Gasteiger charge is 2.14. The lowest BCUT2D eigenvalue weighted by molar-refractivity contribution is 0.473. The van der Waals surface area contributed by atoms with Gasteiger partial charge in [0.1, 0.15) is 5.75 Å². The molecule has 1 aromatic rings. The lowest BCUT2D eigenvalue weighted by Gasteiger charge is -2.19. The number of hydrogen-bond donors (Lipinski definition) is 1. The third kappa shape index (κ3) is 6.79. The molecule has 0 bridgehead atoms. The number of benzene rings is 1. The molecule has 0 unspecified atom stereocenters. The highest BCUT2D eigenvalue weighted by atomic mass is 16.3. The van der Waals surface area contributed by atoms with E-state index in [1.165, 1.54) is 37.7 Å². The summed E-state index contributed by atoms with van der Waals surface area (Å²) < 4.78 is 0. The summed E-state index contributed by atoms with van der Waals surface area (Å²) in [6.45, 7) is 9.62. The van der Waals surface area contributed by atoms with E-state index >= 15 is 0 Å². The monoisotopic (exact) mass is 289 g/mol. The summed E-state index contributed by atoms with van der Waals surface area (Å²) in [4.78, 5) is 4.46. The van der Waals surface area contributed by atoms with Crippen molar-refractivity contribution in [2.75, 3.05) is 6.54 Å². The van der Waals surface area contributed by atoms with E-state index in [4.69, 9.17) is 0 Å². The average Bonchev–Trinajstić information content (AvgIpc) is 2.42. The largest absolute Gasteiger partial charge is 0.507 e. The van der Waals surface area contributed by atoms with Gasteiger partial charge in [-0.2, -0.15) is 0 Å². The molecule has 0 aliphatic heterocycles. The molecule has 0 saturated carbocycles. The molecule has 21 heavy (non-hydrogen) atoms. The van der Waals surface area contributed by atoms with E-state index < -0.39 is 0 Å². The molecule has 1 aromatic carbocycles. The van der Waals surface area contributed by atoms with Crippen molar-refractivity contribution in [1.29, 1.82) is 0 Å². The van der Waals surface area contributed by atoms with Crippen LogP contribution in [0.1, 0.15) is 77.3 Å². The minimum absolute atomic E-state index is 0.0928. The molecule has 0 aromatic heterocycles. The Morgan fingerprint density at radius 3 is 2.38 bits per heavy atom. The summed E-state index contributed by atoms with van der Waals surface area (Å²) in [6, 6.07) is 5.80. The summed E-state index contributed by atoms with van der Waals surface area (Å²) in [7, 11) is 0. The Kier molecular flexibility index (Phi) is 7.49. The van der Waals surface area contributed by atoms with Gasteiger partial charge in [-0.05, 0) is 29.5 Å². The molecule has 1 N–H and O–H groups in total. The predicted molar refractivity (Wildman–Crippen MR) is 92.6 cm³/mol. The Labute approximate surface area is 130 Å². The second-order valence-electron chi connectivity index (χ2n) is 6.83. The number of phenols is 1. The molecule has 0 aliphatic carbocycles. The maximum Gasteiger partial charge on any atom is 0.124 e. The van der Waals surface area contributed by atoms with Crippen LogP contribution in [0.4, 0.5) is 0 Å². The lowest BCUT2D eigenvalue weighted by atomic mass is 9.86. The van der Waals surface area contributed by atoms with Gasteiger partial charge in [0.25, 0.3) is 0 Å². The molecule has 0 fully saturated rings. The van der Waals surface area contributed by atoms with Crippen molar-refractivity contribution in [2.24, 2.45) is 4.99 Å². The van der Waals surface area contributed by atoms with Crippen LogP contribution in [0, 0.1) is 0 Å². The van der Waals surface area contributed by atoms with Crippen molar-refractivity contribution in [3.63, 3.8) is 0 Å². The molecule has 0 saturated heterocycles. The number of hydrogen-bond acceptors (Lipinski definition) is 2. The first-order valence-corrected chi connectivity index (χ1v) is 8.28. The highest BCUT2D eigenvalue weighted by Crippen LogP contribution is 2.26. The number of aromatic hydroxyl groups is 1. The van der Waals surface area contributed by atoms with Gasteiger partial charge in [-0.1, -0.05) is 65.9 Å². The maximum atomic E-state index is 9.91. The van der Waals surface area contributed by atoms with Crippen LogP contribution in [0.2, 0.25) is 0 Å². The molecule has 0 heterocycles. The number of aliphatic imine (C=N–C) groups is 1. The fourth-order valence-electron chi connectivity index (χ4n) is 2.27. The summed E-state index contributed by atoms with van der Waals surface area (Å²) in [6.07, 6.45) is 9.50. The summed E-state index contributed by atoms with van der Waals surface area (Å²) in [5, 5.41) is 9.91. The van der Waals surface area contributed by atoms with E-state index in [1.54, 1.807) is 6.07 Å². The van der Waals surface area contributed by atoms with Crippen LogP contribution in [0.25, 0.3) is 0 Å². The second kappa shape index (κ2) is 8.86. The quantitative estimate of drug-likeness (QED) is 0.499. The Balaban J connectivity index is 2.45. The van der Waals surface area contributed by atoms with Crippen LogP contribution in [-0.4, -0.2) is 17.9 Å². The van der Waals surface area contributed by atoms with E-state index in [-0.39, 0.29) is 5.41 Å². The van der Waals surface area contributed by atoms with Crippen molar-refractivity contribution < 1.29 is 5.11 Å². The summed E-state index contributed by atoms with van der Waals surface area (Å²) in [5.41, 5.74) is 2.14. The number of unbranched alkanes of at least 4 members (excludes halogenated alkanes) is 5. The van der Waals surface area contributed by atoms with E-state index in [0.717, 1.165) is 18.5 Å². The first kappa shape index (κ1) is 17.7. The summed E-state index contributed by atoms with van der Waals surface area (Å²) >= 11 is 0. The van der Waals surface area contributed by atoms with E-state index in [0.29, 0.717) is 5.75 Å². The third-order valence-corrected chi connectivity index (χ3v) is 3.76. The first-order chi connectivity index (χ1) is 9.95. The fourth-order valence-corrected chi connectivity index (χ4v) is 2.27. The Morgan fingerprint density at radius 1 is 1.05 bits per heavy atom. The van der Waals surface area contributed by atoms with Gasteiger partial charge < -0.3 is 5.11 Å². The van der Waals surface area contributed by atoms with Gasteiger partial charge in [0.05, 0.1) is 0 Å².